The van der Waals surface area contributed by atoms with Crippen LogP contribution >= 0.6 is 11.3 Å². The molecular weight excluding hydrogens is 262 g/mol. The molecule has 1 nitrogen and oxygen atoms in total. The van der Waals surface area contributed by atoms with Crippen LogP contribution in [0.5, 0.6) is 0 Å². The Hall–Kier alpha value is -1.12. The van der Waals surface area contributed by atoms with Crippen LogP contribution in [0, 0.1) is 0 Å². The maximum Gasteiger partial charge on any atom is 0.0417 e. The first-order valence-electron chi connectivity index (χ1n) is 7.68. The highest BCUT2D eigenvalue weighted by Gasteiger charge is 2.14. The summed E-state index contributed by atoms with van der Waals surface area (Å²) in [5.41, 5.74) is 2.96. The van der Waals surface area contributed by atoms with Crippen molar-refractivity contribution >= 4 is 11.3 Å². The van der Waals surface area contributed by atoms with Crippen LogP contribution in [-0.4, -0.2) is 6.54 Å². The van der Waals surface area contributed by atoms with Gasteiger partial charge in [-0.2, -0.15) is 0 Å². The van der Waals surface area contributed by atoms with Crippen molar-refractivity contribution in [2.24, 2.45) is 0 Å². The number of nitrogens with one attached hydrogen (secondary N) is 1. The first-order valence-corrected chi connectivity index (χ1v) is 8.56. The summed E-state index contributed by atoms with van der Waals surface area (Å²) in [6, 6.07) is 13.6. The Balaban J connectivity index is 1.93. The quantitative estimate of drug-likeness (QED) is 0.721. The van der Waals surface area contributed by atoms with Crippen molar-refractivity contribution < 1.29 is 0 Å². The number of aryl methyl sites for hydroxylation is 2. The summed E-state index contributed by atoms with van der Waals surface area (Å²) in [6.07, 6.45) is 4.77. The topological polar surface area (TPSA) is 12.0 Å². The van der Waals surface area contributed by atoms with Gasteiger partial charge in [-0.15, -0.1) is 11.3 Å². The Morgan fingerprint density at radius 3 is 2.60 bits per heavy atom. The highest BCUT2D eigenvalue weighted by atomic mass is 32.1. The second kappa shape index (κ2) is 8.23. The summed E-state index contributed by atoms with van der Waals surface area (Å²) in [7, 11) is 0. The summed E-state index contributed by atoms with van der Waals surface area (Å²) >= 11 is 1.91. The average molecular weight is 287 g/mol. The van der Waals surface area contributed by atoms with Gasteiger partial charge in [-0.1, -0.05) is 44.2 Å². The van der Waals surface area contributed by atoms with Gasteiger partial charge in [0, 0.05) is 10.9 Å². The van der Waals surface area contributed by atoms with Crippen LogP contribution < -0.4 is 5.32 Å². The van der Waals surface area contributed by atoms with E-state index in [0.717, 1.165) is 13.0 Å². The van der Waals surface area contributed by atoms with E-state index in [0.29, 0.717) is 6.04 Å². The second-order valence-corrected chi connectivity index (χ2v) is 6.10. The normalized spacial score (nSPS) is 12.5. The largest absolute Gasteiger partial charge is 0.310 e. The molecule has 1 atom stereocenters. The Bertz CT molecular complexity index is 489. The zero-order valence-electron chi connectivity index (χ0n) is 12.6. The van der Waals surface area contributed by atoms with Gasteiger partial charge in [0.05, 0.1) is 0 Å². The smallest absolute Gasteiger partial charge is 0.0417 e. The molecule has 1 aromatic carbocycles. The third-order valence-corrected chi connectivity index (χ3v) is 4.80. The van der Waals surface area contributed by atoms with Gasteiger partial charge in [-0.05, 0) is 54.8 Å². The van der Waals surface area contributed by atoms with Gasteiger partial charge in [0.15, 0.2) is 0 Å². The van der Waals surface area contributed by atoms with Gasteiger partial charge in [0.1, 0.15) is 0 Å². The molecule has 0 saturated carbocycles. The van der Waals surface area contributed by atoms with Crippen molar-refractivity contribution in [1.82, 2.24) is 5.32 Å². The number of hydrogen-bond donors (Lipinski definition) is 1. The SMILES string of the molecule is CCNC(CCCc1ccccc1)c1sccc1CC. The van der Waals surface area contributed by atoms with E-state index in [1.54, 1.807) is 4.88 Å². The van der Waals surface area contributed by atoms with Crippen molar-refractivity contribution in [3.63, 3.8) is 0 Å². The predicted molar refractivity (Wildman–Crippen MR) is 89.5 cm³/mol. The number of rotatable bonds is 8. The van der Waals surface area contributed by atoms with Gasteiger partial charge < -0.3 is 5.32 Å². The molecule has 0 aliphatic rings. The van der Waals surface area contributed by atoms with Gasteiger partial charge >= 0.3 is 0 Å². The summed E-state index contributed by atoms with van der Waals surface area (Å²) in [5.74, 6) is 0. The fourth-order valence-corrected chi connectivity index (χ4v) is 3.78. The van der Waals surface area contributed by atoms with E-state index < -0.39 is 0 Å². The lowest BCUT2D eigenvalue weighted by molar-refractivity contribution is 0.502. The van der Waals surface area contributed by atoms with E-state index in [1.165, 1.54) is 30.4 Å². The van der Waals surface area contributed by atoms with Gasteiger partial charge in [0.25, 0.3) is 0 Å². The summed E-state index contributed by atoms with van der Waals surface area (Å²) in [6.45, 7) is 5.49. The molecule has 1 aromatic heterocycles. The summed E-state index contributed by atoms with van der Waals surface area (Å²) in [5, 5.41) is 5.89. The molecule has 0 saturated heterocycles. The molecule has 2 rings (SSSR count). The third kappa shape index (κ3) is 4.19. The molecule has 0 amide bonds. The molecule has 1 N–H and O–H groups in total. The van der Waals surface area contributed by atoms with Crippen LogP contribution in [0.3, 0.4) is 0 Å². The van der Waals surface area contributed by atoms with E-state index in [9.17, 15) is 0 Å². The first-order chi connectivity index (χ1) is 9.85. The molecule has 0 radical (unpaired) electrons. The molecule has 1 unspecified atom stereocenters. The van der Waals surface area contributed by atoms with E-state index in [2.05, 4.69) is 60.9 Å². The molecule has 108 valence electrons. The van der Waals surface area contributed by atoms with Gasteiger partial charge in [-0.3, -0.25) is 0 Å². The van der Waals surface area contributed by atoms with E-state index in [-0.39, 0.29) is 0 Å². The van der Waals surface area contributed by atoms with Crippen LogP contribution in [0.2, 0.25) is 0 Å². The monoisotopic (exact) mass is 287 g/mol. The molecule has 1 heterocycles. The van der Waals surface area contributed by atoms with Crippen molar-refractivity contribution in [3.05, 3.63) is 57.8 Å². The van der Waals surface area contributed by atoms with Crippen molar-refractivity contribution in [2.45, 2.75) is 45.6 Å². The highest BCUT2D eigenvalue weighted by Crippen LogP contribution is 2.28. The highest BCUT2D eigenvalue weighted by molar-refractivity contribution is 7.10. The number of hydrogen-bond acceptors (Lipinski definition) is 2. The second-order valence-electron chi connectivity index (χ2n) is 5.15. The lowest BCUT2D eigenvalue weighted by Gasteiger charge is -2.18. The van der Waals surface area contributed by atoms with Crippen LogP contribution in [0.4, 0.5) is 0 Å². The lowest BCUT2D eigenvalue weighted by Crippen LogP contribution is -2.21. The maximum atomic E-state index is 3.66. The van der Waals surface area contributed by atoms with Crippen LogP contribution in [-0.2, 0) is 12.8 Å². The van der Waals surface area contributed by atoms with E-state index in [4.69, 9.17) is 0 Å². The predicted octanol–water partition coefficient (Wildman–Crippen LogP) is 4.98. The molecule has 0 bridgehead atoms. The van der Waals surface area contributed by atoms with Crippen LogP contribution in [0.1, 0.15) is 48.7 Å². The van der Waals surface area contributed by atoms with Gasteiger partial charge in [0.2, 0.25) is 0 Å². The molecule has 0 fully saturated rings. The first kappa shape index (κ1) is 15.3. The Kier molecular flexibility index (Phi) is 6.28. The van der Waals surface area contributed by atoms with Crippen molar-refractivity contribution in [2.75, 3.05) is 6.54 Å². The Morgan fingerprint density at radius 1 is 1.10 bits per heavy atom. The Morgan fingerprint density at radius 2 is 1.90 bits per heavy atom. The van der Waals surface area contributed by atoms with Crippen molar-refractivity contribution in [3.8, 4) is 0 Å². The van der Waals surface area contributed by atoms with E-state index in [1.807, 2.05) is 11.3 Å². The standard InChI is InChI=1S/C18H25NS/c1-3-16-13-14-20-18(16)17(19-4-2)12-8-11-15-9-6-5-7-10-15/h5-7,9-10,13-14,17,19H,3-4,8,11-12H2,1-2H3. The Labute approximate surface area is 127 Å². The molecule has 0 aliphatic carbocycles. The minimum absolute atomic E-state index is 0.527. The van der Waals surface area contributed by atoms with Crippen LogP contribution in [0.25, 0.3) is 0 Å². The summed E-state index contributed by atoms with van der Waals surface area (Å²) in [4.78, 5) is 1.54. The minimum Gasteiger partial charge on any atom is -0.310 e. The number of thiophene rings is 1. The maximum absolute atomic E-state index is 3.66. The molecule has 2 aromatic rings. The lowest BCUT2D eigenvalue weighted by atomic mass is 10.0. The molecule has 0 spiro atoms. The zero-order chi connectivity index (χ0) is 14.2. The molecule has 20 heavy (non-hydrogen) atoms. The van der Waals surface area contributed by atoms with Gasteiger partial charge in [-0.25, -0.2) is 0 Å². The fourth-order valence-electron chi connectivity index (χ4n) is 2.67. The van der Waals surface area contributed by atoms with Crippen molar-refractivity contribution in [1.29, 1.82) is 0 Å². The average Bonchev–Trinajstić information content (AvgIpc) is 2.96. The molecule has 0 aliphatic heterocycles. The third-order valence-electron chi connectivity index (χ3n) is 3.73. The number of benzene rings is 1. The molecular formula is C18H25NS. The fraction of sp³-hybridized carbons (Fsp3) is 0.444. The zero-order valence-corrected chi connectivity index (χ0v) is 13.4. The summed E-state index contributed by atoms with van der Waals surface area (Å²) < 4.78 is 0. The van der Waals surface area contributed by atoms with E-state index >= 15 is 0 Å². The minimum atomic E-state index is 0.527. The molecule has 2 heteroatoms. The van der Waals surface area contributed by atoms with Crippen LogP contribution in [0.15, 0.2) is 41.8 Å².